The number of fused-ring (bicyclic) bond motifs is 1. The van der Waals surface area contributed by atoms with Crippen LogP contribution in [0.2, 0.25) is 0 Å². The number of aromatic nitrogens is 3. The van der Waals surface area contributed by atoms with Crippen molar-refractivity contribution in [2.24, 2.45) is 13.0 Å². The minimum atomic E-state index is -0.625. The summed E-state index contributed by atoms with van der Waals surface area (Å²) in [6, 6.07) is 10.5. The summed E-state index contributed by atoms with van der Waals surface area (Å²) in [5, 5.41) is 10.0. The molecule has 5 rings (SSSR count). The lowest BCUT2D eigenvalue weighted by atomic mass is 9.97. The highest BCUT2D eigenvalue weighted by atomic mass is 16.5. The first-order valence-corrected chi connectivity index (χ1v) is 12.1. The standard InChI is InChI=1S/C26H30N6O3/c1-31-17-20(16-28-31)29-26(34)22(14-18-6-2-3-7-18)30-25(33)19-8-4-9-21(15-19)32-12-13-35-23-10-5-11-27-24(23)32/h4-5,8-11,15-18,22H,2-3,6-7,12-14H2,1H3,(H,29,34)(H,30,33)/t22-/m0/s1. The normalized spacial score (nSPS) is 16.3. The first-order valence-electron chi connectivity index (χ1n) is 12.1. The van der Waals surface area contributed by atoms with Crippen LogP contribution in [0, 0.1) is 5.92 Å². The van der Waals surface area contributed by atoms with E-state index in [4.69, 9.17) is 4.74 Å². The van der Waals surface area contributed by atoms with E-state index in [0.717, 1.165) is 30.1 Å². The van der Waals surface area contributed by atoms with Crippen LogP contribution in [0.1, 0.15) is 42.5 Å². The zero-order valence-corrected chi connectivity index (χ0v) is 19.8. The quantitative estimate of drug-likeness (QED) is 0.542. The molecule has 1 saturated carbocycles. The lowest BCUT2D eigenvalue weighted by molar-refractivity contribution is -0.118. The number of rotatable bonds is 7. The molecule has 3 heterocycles. The van der Waals surface area contributed by atoms with Crippen molar-refractivity contribution in [2.45, 2.75) is 38.1 Å². The van der Waals surface area contributed by atoms with Gasteiger partial charge in [0.2, 0.25) is 5.91 Å². The van der Waals surface area contributed by atoms with Crippen molar-refractivity contribution in [1.29, 1.82) is 0 Å². The lowest BCUT2D eigenvalue weighted by Gasteiger charge is -2.30. The van der Waals surface area contributed by atoms with Crippen molar-refractivity contribution in [1.82, 2.24) is 20.1 Å². The average molecular weight is 475 g/mol. The van der Waals surface area contributed by atoms with E-state index in [2.05, 4.69) is 20.7 Å². The molecule has 0 unspecified atom stereocenters. The molecule has 1 aliphatic heterocycles. The average Bonchev–Trinajstić information content (AvgIpc) is 3.54. The van der Waals surface area contributed by atoms with Crippen molar-refractivity contribution in [3.05, 3.63) is 60.6 Å². The molecule has 182 valence electrons. The van der Waals surface area contributed by atoms with Gasteiger partial charge in [0.05, 0.1) is 18.4 Å². The van der Waals surface area contributed by atoms with Crippen LogP contribution in [0.4, 0.5) is 17.2 Å². The van der Waals surface area contributed by atoms with Gasteiger partial charge in [-0.15, -0.1) is 0 Å². The predicted molar refractivity (Wildman–Crippen MR) is 133 cm³/mol. The molecule has 1 fully saturated rings. The molecule has 9 nitrogen and oxygen atoms in total. The van der Waals surface area contributed by atoms with Gasteiger partial charge in [-0.25, -0.2) is 4.98 Å². The Labute approximate surface area is 204 Å². The minimum Gasteiger partial charge on any atom is -0.488 e. The summed E-state index contributed by atoms with van der Waals surface area (Å²) >= 11 is 0. The molecule has 0 saturated heterocycles. The summed E-state index contributed by atoms with van der Waals surface area (Å²) in [7, 11) is 1.79. The number of carbonyl (C=O) groups is 2. The molecule has 0 spiro atoms. The number of nitrogens with zero attached hydrogens (tertiary/aromatic N) is 4. The first kappa shape index (κ1) is 22.9. The summed E-state index contributed by atoms with van der Waals surface area (Å²) in [5.74, 6) is 1.39. The van der Waals surface area contributed by atoms with Gasteiger partial charge in [-0.3, -0.25) is 14.3 Å². The Balaban J connectivity index is 1.33. The van der Waals surface area contributed by atoms with Crippen LogP contribution < -0.4 is 20.3 Å². The van der Waals surface area contributed by atoms with Gasteiger partial charge in [-0.1, -0.05) is 31.7 Å². The van der Waals surface area contributed by atoms with Crippen molar-refractivity contribution < 1.29 is 14.3 Å². The molecule has 0 radical (unpaired) electrons. The zero-order chi connectivity index (χ0) is 24.2. The van der Waals surface area contributed by atoms with Crippen LogP contribution in [0.25, 0.3) is 0 Å². The Morgan fingerprint density at radius 3 is 2.86 bits per heavy atom. The molecule has 2 aromatic heterocycles. The largest absolute Gasteiger partial charge is 0.488 e. The third-order valence-electron chi connectivity index (χ3n) is 6.64. The molecule has 0 bridgehead atoms. The van der Waals surface area contributed by atoms with E-state index in [9.17, 15) is 9.59 Å². The van der Waals surface area contributed by atoms with Gasteiger partial charge in [-0.05, 0) is 42.7 Å². The summed E-state index contributed by atoms with van der Waals surface area (Å²) in [6.07, 6.45) is 10.2. The Morgan fingerprint density at radius 1 is 1.20 bits per heavy atom. The maximum absolute atomic E-state index is 13.3. The summed E-state index contributed by atoms with van der Waals surface area (Å²) < 4.78 is 7.34. The van der Waals surface area contributed by atoms with Crippen LogP contribution in [0.15, 0.2) is 55.0 Å². The molecule has 2 N–H and O–H groups in total. The summed E-state index contributed by atoms with van der Waals surface area (Å²) in [6.45, 7) is 1.17. The number of hydrogen-bond donors (Lipinski definition) is 2. The maximum Gasteiger partial charge on any atom is 0.252 e. The van der Waals surface area contributed by atoms with Gasteiger partial charge in [0.25, 0.3) is 5.91 Å². The van der Waals surface area contributed by atoms with E-state index < -0.39 is 6.04 Å². The van der Waals surface area contributed by atoms with Crippen LogP contribution in [0.3, 0.4) is 0 Å². The number of aryl methyl sites for hydroxylation is 1. The van der Waals surface area contributed by atoms with Crippen LogP contribution in [-0.2, 0) is 11.8 Å². The van der Waals surface area contributed by atoms with Gasteiger partial charge in [0.15, 0.2) is 11.6 Å². The molecule has 3 aromatic rings. The van der Waals surface area contributed by atoms with Gasteiger partial charge < -0.3 is 20.3 Å². The van der Waals surface area contributed by atoms with E-state index in [0.29, 0.717) is 36.7 Å². The Kier molecular flexibility index (Phi) is 6.65. The molecule has 1 atom stereocenters. The minimum absolute atomic E-state index is 0.222. The number of anilines is 3. The molecule has 2 aliphatic rings. The topological polar surface area (TPSA) is 101 Å². The van der Waals surface area contributed by atoms with E-state index in [1.165, 1.54) is 12.8 Å². The molecular weight excluding hydrogens is 444 g/mol. The number of benzene rings is 1. The fourth-order valence-corrected chi connectivity index (χ4v) is 4.88. The molecule has 1 aliphatic carbocycles. The number of amides is 2. The SMILES string of the molecule is Cn1cc(NC(=O)[C@H](CC2CCCC2)NC(=O)c2cccc(N3CCOc4cccnc43)c2)cn1. The Hall–Kier alpha value is -3.88. The molecule has 35 heavy (non-hydrogen) atoms. The van der Waals surface area contributed by atoms with Crippen molar-refractivity contribution in [3.8, 4) is 5.75 Å². The fraction of sp³-hybridized carbons (Fsp3) is 0.385. The monoisotopic (exact) mass is 474 g/mol. The third-order valence-corrected chi connectivity index (χ3v) is 6.64. The lowest BCUT2D eigenvalue weighted by Crippen LogP contribution is -2.44. The second kappa shape index (κ2) is 10.2. The van der Waals surface area contributed by atoms with E-state index in [1.54, 1.807) is 36.4 Å². The zero-order valence-electron chi connectivity index (χ0n) is 19.8. The number of nitrogens with one attached hydrogen (secondary N) is 2. The number of pyridine rings is 1. The first-order chi connectivity index (χ1) is 17.1. The van der Waals surface area contributed by atoms with E-state index in [1.807, 2.05) is 35.2 Å². The Morgan fingerprint density at radius 2 is 2.06 bits per heavy atom. The number of carbonyl (C=O) groups excluding carboxylic acids is 2. The van der Waals surface area contributed by atoms with Crippen LogP contribution in [-0.4, -0.2) is 45.8 Å². The van der Waals surface area contributed by atoms with E-state index >= 15 is 0 Å². The summed E-state index contributed by atoms with van der Waals surface area (Å²) in [5.41, 5.74) is 1.97. The maximum atomic E-state index is 13.3. The second-order valence-electron chi connectivity index (χ2n) is 9.18. The van der Waals surface area contributed by atoms with Crippen molar-refractivity contribution >= 4 is 29.0 Å². The molecule has 1 aromatic carbocycles. The molecule has 9 heteroatoms. The highest BCUT2D eigenvalue weighted by Gasteiger charge is 2.28. The highest BCUT2D eigenvalue weighted by molar-refractivity contribution is 6.01. The summed E-state index contributed by atoms with van der Waals surface area (Å²) in [4.78, 5) is 32.9. The van der Waals surface area contributed by atoms with Gasteiger partial charge >= 0.3 is 0 Å². The molecular formula is C26H30N6O3. The third kappa shape index (κ3) is 5.29. The number of hydrogen-bond acceptors (Lipinski definition) is 6. The van der Waals surface area contributed by atoms with E-state index in [-0.39, 0.29) is 11.8 Å². The highest BCUT2D eigenvalue weighted by Crippen LogP contribution is 2.34. The van der Waals surface area contributed by atoms with Crippen molar-refractivity contribution in [2.75, 3.05) is 23.4 Å². The van der Waals surface area contributed by atoms with Gasteiger partial charge in [0, 0.05) is 30.7 Å². The van der Waals surface area contributed by atoms with Gasteiger partial charge in [-0.2, -0.15) is 5.10 Å². The Bertz CT molecular complexity index is 1200. The van der Waals surface area contributed by atoms with Crippen LogP contribution in [0.5, 0.6) is 5.75 Å². The van der Waals surface area contributed by atoms with Gasteiger partial charge in [0.1, 0.15) is 12.6 Å². The smallest absolute Gasteiger partial charge is 0.252 e. The van der Waals surface area contributed by atoms with Crippen LogP contribution >= 0.6 is 0 Å². The predicted octanol–water partition coefficient (Wildman–Crippen LogP) is 3.66. The van der Waals surface area contributed by atoms with Crippen molar-refractivity contribution in [3.63, 3.8) is 0 Å². The molecule has 2 amide bonds. The second-order valence-corrected chi connectivity index (χ2v) is 9.18. The number of ether oxygens (including phenoxy) is 1. The fourth-order valence-electron chi connectivity index (χ4n) is 4.88.